The van der Waals surface area contributed by atoms with Crippen molar-refractivity contribution in [1.29, 1.82) is 0 Å². The summed E-state index contributed by atoms with van der Waals surface area (Å²) >= 11 is 0. The second kappa shape index (κ2) is 7.49. The van der Waals surface area contributed by atoms with Gasteiger partial charge in [-0.15, -0.1) is 0 Å². The molecule has 5 nitrogen and oxygen atoms in total. The molecule has 132 valence electrons. The van der Waals surface area contributed by atoms with Crippen LogP contribution >= 0.6 is 0 Å². The molecule has 1 aromatic carbocycles. The minimum atomic E-state index is -0.538. The molecule has 0 aromatic heterocycles. The number of β-amino-alcohol motifs (C(OH)–C–C–N with tert-alkyl or cyclic N) is 1. The maximum Gasteiger partial charge on any atom is 0.220 e. The molecule has 2 atom stereocenters. The van der Waals surface area contributed by atoms with Gasteiger partial charge in [0, 0.05) is 63.4 Å². The Morgan fingerprint density at radius 3 is 2.79 bits per heavy atom. The lowest BCUT2D eigenvalue weighted by molar-refractivity contribution is -0.122. The number of amides is 1. The lowest BCUT2D eigenvalue weighted by Crippen LogP contribution is -2.27. The van der Waals surface area contributed by atoms with Crippen LogP contribution in [0, 0.1) is 11.7 Å². The number of nitrogens with zero attached hydrogens (tertiary/aromatic N) is 2. The molecule has 2 aliphatic heterocycles. The van der Waals surface area contributed by atoms with Gasteiger partial charge in [0.05, 0.1) is 6.10 Å². The molecule has 24 heavy (non-hydrogen) atoms. The lowest BCUT2D eigenvalue weighted by Gasteiger charge is -2.24. The molecule has 0 unspecified atom stereocenters. The average Bonchev–Trinajstić information content (AvgIpc) is 3.20. The molecule has 0 bridgehead atoms. The largest absolute Gasteiger partial charge is 0.391 e. The Labute approximate surface area is 142 Å². The Balaban J connectivity index is 1.71. The normalized spacial score (nSPS) is 24.5. The molecule has 6 heteroatoms. The predicted molar refractivity (Wildman–Crippen MR) is 91.3 cm³/mol. The van der Waals surface area contributed by atoms with Gasteiger partial charge < -0.3 is 15.3 Å². The van der Waals surface area contributed by atoms with Crippen molar-refractivity contribution in [3.05, 3.63) is 29.6 Å². The van der Waals surface area contributed by atoms with Gasteiger partial charge in [0.2, 0.25) is 5.91 Å². The van der Waals surface area contributed by atoms with Crippen LogP contribution in [0.2, 0.25) is 0 Å². The van der Waals surface area contributed by atoms with Crippen molar-refractivity contribution < 1.29 is 14.3 Å². The third-order valence-electron chi connectivity index (χ3n) is 5.13. The molecular formula is C18H26FN3O2. The maximum absolute atomic E-state index is 14.4. The molecule has 2 fully saturated rings. The van der Waals surface area contributed by atoms with Gasteiger partial charge in [0.1, 0.15) is 5.82 Å². The molecular weight excluding hydrogens is 309 g/mol. The van der Waals surface area contributed by atoms with Crippen LogP contribution in [-0.4, -0.2) is 55.2 Å². The number of carbonyl (C=O) groups is 1. The number of hydrogen-bond donors (Lipinski definition) is 2. The van der Waals surface area contributed by atoms with Crippen molar-refractivity contribution in [2.75, 3.05) is 38.1 Å². The van der Waals surface area contributed by atoms with E-state index in [9.17, 15) is 14.3 Å². The van der Waals surface area contributed by atoms with Gasteiger partial charge in [-0.3, -0.25) is 9.69 Å². The third-order valence-corrected chi connectivity index (χ3v) is 5.13. The van der Waals surface area contributed by atoms with E-state index in [4.69, 9.17) is 0 Å². The fourth-order valence-corrected chi connectivity index (χ4v) is 3.79. The minimum absolute atomic E-state index is 0.0652. The highest BCUT2D eigenvalue weighted by Gasteiger charge is 2.33. The van der Waals surface area contributed by atoms with E-state index in [2.05, 4.69) is 15.1 Å². The van der Waals surface area contributed by atoms with E-state index in [1.165, 1.54) is 6.07 Å². The number of aliphatic hydroxyl groups is 1. The summed E-state index contributed by atoms with van der Waals surface area (Å²) in [6, 6.07) is 5.25. The summed E-state index contributed by atoms with van der Waals surface area (Å²) in [6.07, 6.45) is 2.06. The van der Waals surface area contributed by atoms with E-state index >= 15 is 0 Å². The zero-order valence-corrected chi connectivity index (χ0v) is 14.2. The highest BCUT2D eigenvalue weighted by atomic mass is 19.1. The summed E-state index contributed by atoms with van der Waals surface area (Å²) in [4.78, 5) is 15.8. The fraction of sp³-hybridized carbons (Fsp3) is 0.611. The van der Waals surface area contributed by atoms with E-state index in [0.717, 1.165) is 31.6 Å². The smallest absolute Gasteiger partial charge is 0.220 e. The number of hydrogen-bond acceptors (Lipinski definition) is 4. The van der Waals surface area contributed by atoms with Crippen molar-refractivity contribution in [1.82, 2.24) is 10.2 Å². The molecule has 0 spiro atoms. The molecule has 2 heterocycles. The Morgan fingerprint density at radius 1 is 1.33 bits per heavy atom. The van der Waals surface area contributed by atoms with Crippen molar-refractivity contribution in [3.8, 4) is 0 Å². The van der Waals surface area contributed by atoms with Gasteiger partial charge in [0.15, 0.2) is 0 Å². The van der Waals surface area contributed by atoms with Gasteiger partial charge >= 0.3 is 0 Å². The van der Waals surface area contributed by atoms with Gasteiger partial charge in [-0.05, 0) is 25.0 Å². The quantitative estimate of drug-likeness (QED) is 0.853. The third kappa shape index (κ3) is 3.70. The summed E-state index contributed by atoms with van der Waals surface area (Å²) in [6.45, 7) is 3.51. The van der Waals surface area contributed by atoms with E-state index in [1.807, 2.05) is 6.07 Å². The Bertz CT molecular complexity index is 590. The topological polar surface area (TPSA) is 55.8 Å². The van der Waals surface area contributed by atoms with Gasteiger partial charge in [0.25, 0.3) is 0 Å². The summed E-state index contributed by atoms with van der Waals surface area (Å²) < 4.78 is 14.4. The number of likely N-dealkylation sites (tertiary alicyclic amines) is 1. The van der Waals surface area contributed by atoms with Crippen LogP contribution < -0.4 is 10.2 Å². The first kappa shape index (κ1) is 17.2. The molecule has 1 amide bonds. The number of anilines is 1. The second-order valence-corrected chi connectivity index (χ2v) is 6.83. The maximum atomic E-state index is 14.4. The van der Waals surface area contributed by atoms with Crippen LogP contribution in [-0.2, 0) is 11.3 Å². The number of halogens is 1. The molecule has 0 radical (unpaired) electrons. The molecule has 2 aliphatic rings. The van der Waals surface area contributed by atoms with Crippen LogP contribution in [0.25, 0.3) is 0 Å². The lowest BCUT2D eigenvalue weighted by atomic mass is 10.0. The van der Waals surface area contributed by atoms with Crippen LogP contribution in [0.15, 0.2) is 18.2 Å². The SMILES string of the molecule is CNC(=O)C[C@@H]1CN(Cc2c(F)cccc2N2CCCC2)C[C@H]1O. The number of nitrogens with one attached hydrogen (secondary N) is 1. The number of rotatable bonds is 5. The summed E-state index contributed by atoms with van der Waals surface area (Å²) in [5.74, 6) is -0.347. The van der Waals surface area contributed by atoms with E-state index in [-0.39, 0.29) is 17.6 Å². The Kier molecular flexibility index (Phi) is 5.36. The van der Waals surface area contributed by atoms with Crippen molar-refractivity contribution in [3.63, 3.8) is 0 Å². The van der Waals surface area contributed by atoms with Crippen LogP contribution in [0.3, 0.4) is 0 Å². The van der Waals surface area contributed by atoms with Crippen LogP contribution in [0.4, 0.5) is 10.1 Å². The summed E-state index contributed by atoms with van der Waals surface area (Å²) in [5.41, 5.74) is 1.67. The number of carbonyl (C=O) groups excluding carboxylic acids is 1. The van der Waals surface area contributed by atoms with Crippen LogP contribution in [0.5, 0.6) is 0 Å². The first-order chi connectivity index (χ1) is 11.6. The number of aliphatic hydroxyl groups excluding tert-OH is 1. The highest BCUT2D eigenvalue weighted by Crippen LogP contribution is 2.30. The standard InChI is InChI=1S/C18H26FN3O2/c1-20-18(24)9-13-10-21(12-17(13)23)11-14-15(19)5-4-6-16(14)22-7-2-3-8-22/h4-6,13,17,23H,2-3,7-12H2,1H3,(H,20,24)/t13-,17-/m1/s1. The summed E-state index contributed by atoms with van der Waals surface area (Å²) in [7, 11) is 1.60. The first-order valence-corrected chi connectivity index (χ1v) is 8.72. The van der Waals surface area contributed by atoms with Gasteiger partial charge in [-0.25, -0.2) is 4.39 Å². The number of benzene rings is 1. The van der Waals surface area contributed by atoms with Gasteiger partial charge in [-0.2, -0.15) is 0 Å². The van der Waals surface area contributed by atoms with Crippen LogP contribution in [0.1, 0.15) is 24.8 Å². The predicted octanol–water partition coefficient (Wildman–Crippen LogP) is 1.35. The minimum Gasteiger partial charge on any atom is -0.391 e. The van der Waals surface area contributed by atoms with E-state index in [1.54, 1.807) is 13.1 Å². The van der Waals surface area contributed by atoms with Crippen molar-refractivity contribution >= 4 is 11.6 Å². The molecule has 0 aliphatic carbocycles. The molecule has 3 rings (SSSR count). The molecule has 0 saturated carbocycles. The molecule has 2 N–H and O–H groups in total. The second-order valence-electron chi connectivity index (χ2n) is 6.83. The van der Waals surface area contributed by atoms with E-state index < -0.39 is 6.10 Å². The highest BCUT2D eigenvalue weighted by molar-refractivity contribution is 5.75. The summed E-state index contributed by atoms with van der Waals surface area (Å²) in [5, 5.41) is 12.8. The van der Waals surface area contributed by atoms with Crippen molar-refractivity contribution in [2.45, 2.75) is 31.9 Å². The monoisotopic (exact) mass is 335 g/mol. The molecule has 2 saturated heterocycles. The zero-order valence-electron chi connectivity index (χ0n) is 14.2. The zero-order chi connectivity index (χ0) is 17.1. The van der Waals surface area contributed by atoms with E-state index in [0.29, 0.717) is 31.6 Å². The average molecular weight is 335 g/mol. The Hall–Kier alpha value is -1.66. The first-order valence-electron chi connectivity index (χ1n) is 8.72. The fourth-order valence-electron chi connectivity index (χ4n) is 3.79. The molecule has 1 aromatic rings. The van der Waals surface area contributed by atoms with Crippen molar-refractivity contribution in [2.24, 2.45) is 5.92 Å². The Morgan fingerprint density at radius 2 is 2.08 bits per heavy atom. The van der Waals surface area contributed by atoms with Gasteiger partial charge in [-0.1, -0.05) is 6.07 Å².